The molecule has 0 aromatic heterocycles. The first-order chi connectivity index (χ1) is 12.6. The molecule has 152 valence electrons. The third kappa shape index (κ3) is 3.09. The normalized spacial score (nSPS) is 44.8. The van der Waals surface area contributed by atoms with Crippen molar-refractivity contribution in [1.29, 1.82) is 0 Å². The molecule has 3 rings (SSSR count). The number of hydrogen-bond acceptors (Lipinski definition) is 6. The van der Waals surface area contributed by atoms with Crippen LogP contribution in [-0.2, 0) is 19.1 Å². The number of rotatable bonds is 3. The van der Waals surface area contributed by atoms with Gasteiger partial charge in [0.15, 0.2) is 17.7 Å². The molecule has 3 aliphatic heterocycles. The van der Waals surface area contributed by atoms with Crippen molar-refractivity contribution in [1.82, 2.24) is 0 Å². The van der Waals surface area contributed by atoms with E-state index in [4.69, 9.17) is 9.47 Å². The van der Waals surface area contributed by atoms with Crippen molar-refractivity contribution in [3.8, 4) is 0 Å². The van der Waals surface area contributed by atoms with Gasteiger partial charge in [-0.15, -0.1) is 0 Å². The Morgan fingerprint density at radius 2 is 2.00 bits per heavy atom. The van der Waals surface area contributed by atoms with Crippen LogP contribution in [0.5, 0.6) is 0 Å². The molecule has 0 aromatic carbocycles. The number of quaternary nitrogens is 1. The van der Waals surface area contributed by atoms with Crippen molar-refractivity contribution in [2.24, 2.45) is 5.92 Å². The summed E-state index contributed by atoms with van der Waals surface area (Å²) in [5, 5.41) is 21.5. The van der Waals surface area contributed by atoms with E-state index in [1.165, 1.54) is 20.8 Å². The Hall–Kier alpha value is -1.44. The Bertz CT molecular complexity index is 655. The molecule has 0 spiro atoms. The number of ether oxygens (including phenoxy) is 2. The SMILES string of the molecule is CCCC[N+]12CC=C3COC(=O)[C@@](C)(O)[C@@](C)(O)[C@H](C)C(=O)O[C@@H](CC1)[C@H]32. The van der Waals surface area contributed by atoms with Crippen molar-refractivity contribution in [3.05, 3.63) is 11.6 Å². The van der Waals surface area contributed by atoms with Crippen LogP contribution in [-0.4, -0.2) is 76.2 Å². The van der Waals surface area contributed by atoms with Crippen LogP contribution in [0.2, 0.25) is 0 Å². The van der Waals surface area contributed by atoms with Gasteiger partial charge in [0.1, 0.15) is 12.2 Å². The van der Waals surface area contributed by atoms with Crippen molar-refractivity contribution < 1.29 is 33.8 Å². The van der Waals surface area contributed by atoms with Crippen molar-refractivity contribution >= 4 is 11.9 Å². The topological polar surface area (TPSA) is 93.1 Å². The molecule has 7 heteroatoms. The van der Waals surface area contributed by atoms with E-state index in [1.807, 2.05) is 0 Å². The summed E-state index contributed by atoms with van der Waals surface area (Å²) in [7, 11) is 0. The second-order valence-electron chi connectivity index (χ2n) is 8.71. The first kappa shape index (κ1) is 20.3. The zero-order valence-electron chi connectivity index (χ0n) is 16.7. The minimum absolute atomic E-state index is 0.0199. The predicted octanol–water partition coefficient (Wildman–Crippen LogP) is 0.922. The zero-order valence-corrected chi connectivity index (χ0v) is 16.7. The molecule has 0 aliphatic carbocycles. The Morgan fingerprint density at radius 1 is 1.30 bits per heavy atom. The van der Waals surface area contributed by atoms with Crippen molar-refractivity contribution in [2.45, 2.75) is 70.3 Å². The van der Waals surface area contributed by atoms with Gasteiger partial charge in [0.2, 0.25) is 0 Å². The van der Waals surface area contributed by atoms with E-state index in [0.717, 1.165) is 49.0 Å². The lowest BCUT2D eigenvalue weighted by Gasteiger charge is -2.39. The summed E-state index contributed by atoms with van der Waals surface area (Å²) in [6.45, 7) is 8.88. The minimum Gasteiger partial charge on any atom is -0.459 e. The van der Waals surface area contributed by atoms with E-state index in [-0.39, 0.29) is 18.8 Å². The number of esters is 2. The highest BCUT2D eigenvalue weighted by Gasteiger charge is 2.59. The largest absolute Gasteiger partial charge is 0.459 e. The molecule has 6 atom stereocenters. The number of carbonyl (C=O) groups excluding carboxylic acids is 2. The van der Waals surface area contributed by atoms with Crippen molar-refractivity contribution in [3.63, 3.8) is 0 Å². The van der Waals surface area contributed by atoms with Crippen LogP contribution in [0.15, 0.2) is 11.6 Å². The fraction of sp³-hybridized carbons (Fsp3) is 0.800. The van der Waals surface area contributed by atoms with Gasteiger partial charge in [-0.2, -0.15) is 0 Å². The lowest BCUT2D eigenvalue weighted by Crippen LogP contribution is -2.61. The highest BCUT2D eigenvalue weighted by Crippen LogP contribution is 2.41. The molecular weight excluding hydrogens is 350 g/mol. The third-order valence-electron chi connectivity index (χ3n) is 7.07. The first-order valence-corrected chi connectivity index (χ1v) is 9.94. The lowest BCUT2D eigenvalue weighted by molar-refractivity contribution is -0.925. The fourth-order valence-electron chi connectivity index (χ4n) is 4.73. The van der Waals surface area contributed by atoms with Gasteiger partial charge in [-0.1, -0.05) is 13.3 Å². The average molecular weight is 382 g/mol. The molecule has 3 heterocycles. The fourth-order valence-corrected chi connectivity index (χ4v) is 4.73. The van der Waals surface area contributed by atoms with Crippen molar-refractivity contribution in [2.75, 3.05) is 26.2 Å². The van der Waals surface area contributed by atoms with Crippen LogP contribution in [0.3, 0.4) is 0 Å². The van der Waals surface area contributed by atoms with Crippen LogP contribution in [0.25, 0.3) is 0 Å². The van der Waals surface area contributed by atoms with Gasteiger partial charge in [0, 0.05) is 12.0 Å². The molecule has 3 aliphatic rings. The molecule has 2 fully saturated rings. The average Bonchev–Trinajstić information content (AvgIpc) is 3.14. The molecule has 7 nitrogen and oxygen atoms in total. The van der Waals surface area contributed by atoms with E-state index in [2.05, 4.69) is 13.0 Å². The van der Waals surface area contributed by atoms with Gasteiger partial charge >= 0.3 is 11.9 Å². The molecule has 0 radical (unpaired) electrons. The number of carbonyl (C=O) groups is 2. The predicted molar refractivity (Wildman–Crippen MR) is 97.5 cm³/mol. The van der Waals surface area contributed by atoms with E-state index < -0.39 is 29.1 Å². The molecule has 0 aromatic rings. The van der Waals surface area contributed by atoms with E-state index in [0.29, 0.717) is 0 Å². The molecule has 2 N–H and O–H groups in total. The summed E-state index contributed by atoms with van der Waals surface area (Å²) >= 11 is 0. The molecule has 0 saturated carbocycles. The summed E-state index contributed by atoms with van der Waals surface area (Å²) in [6.07, 6.45) is 4.70. The van der Waals surface area contributed by atoms with E-state index >= 15 is 0 Å². The quantitative estimate of drug-likeness (QED) is 0.428. The molecule has 0 amide bonds. The number of hydrogen-bond donors (Lipinski definition) is 2. The molecule has 2 saturated heterocycles. The molecule has 27 heavy (non-hydrogen) atoms. The summed E-state index contributed by atoms with van der Waals surface area (Å²) in [4.78, 5) is 25.3. The van der Waals surface area contributed by atoms with Gasteiger partial charge in [-0.05, 0) is 33.3 Å². The summed E-state index contributed by atoms with van der Waals surface area (Å²) in [5.41, 5.74) is -3.29. The maximum absolute atomic E-state index is 12.8. The Labute approximate surface area is 160 Å². The van der Waals surface area contributed by atoms with Crippen LogP contribution < -0.4 is 0 Å². The van der Waals surface area contributed by atoms with Gasteiger partial charge in [0.05, 0.1) is 25.6 Å². The second kappa shape index (κ2) is 6.87. The lowest BCUT2D eigenvalue weighted by atomic mass is 9.76. The maximum Gasteiger partial charge on any atom is 0.341 e. The number of nitrogens with zero attached hydrogens (tertiary/aromatic N) is 1. The molecule has 1 unspecified atom stereocenters. The standard InChI is InChI=1S/C20H32NO6/c1-5-6-9-21-10-7-14-12-26-18(23)20(4,25)19(3,24)13(2)17(22)27-15(8-11-21)16(14)21/h7,13,15-16,24-25H,5-6,8-12H2,1-4H3/q+1/t13-,15+,16+,19+,20-,21?/m1/s1. The Morgan fingerprint density at radius 3 is 2.67 bits per heavy atom. The van der Waals surface area contributed by atoms with Crippen LogP contribution in [0.4, 0.5) is 0 Å². The van der Waals surface area contributed by atoms with E-state index in [9.17, 15) is 19.8 Å². The smallest absolute Gasteiger partial charge is 0.341 e. The second-order valence-corrected chi connectivity index (χ2v) is 8.71. The van der Waals surface area contributed by atoms with Crippen LogP contribution in [0.1, 0.15) is 47.0 Å². The summed E-state index contributed by atoms with van der Waals surface area (Å²) in [5.74, 6) is -2.60. The number of cyclic esters (lactones) is 1. The summed E-state index contributed by atoms with van der Waals surface area (Å²) in [6, 6.07) is -0.0199. The third-order valence-corrected chi connectivity index (χ3v) is 7.07. The highest BCUT2D eigenvalue weighted by atomic mass is 16.6. The van der Waals surface area contributed by atoms with Crippen LogP contribution >= 0.6 is 0 Å². The maximum atomic E-state index is 12.8. The summed E-state index contributed by atoms with van der Waals surface area (Å²) < 4.78 is 12.1. The number of aliphatic hydroxyl groups is 2. The number of unbranched alkanes of at least 4 members (excludes halogenated alkanes) is 1. The minimum atomic E-state index is -2.22. The van der Waals surface area contributed by atoms with Gasteiger partial charge < -0.3 is 24.2 Å². The van der Waals surface area contributed by atoms with Gasteiger partial charge in [-0.25, -0.2) is 4.79 Å². The molecular formula is C20H32NO6+. The Balaban J connectivity index is 1.95. The highest BCUT2D eigenvalue weighted by molar-refractivity contribution is 5.83. The first-order valence-electron chi connectivity index (χ1n) is 9.94. The monoisotopic (exact) mass is 382 g/mol. The van der Waals surface area contributed by atoms with Crippen LogP contribution in [0, 0.1) is 5.92 Å². The zero-order chi connectivity index (χ0) is 20.0. The van der Waals surface area contributed by atoms with Gasteiger partial charge in [-0.3, -0.25) is 4.79 Å². The Kier molecular flexibility index (Phi) is 5.16. The van der Waals surface area contributed by atoms with Gasteiger partial charge in [0.25, 0.3) is 0 Å². The van der Waals surface area contributed by atoms with E-state index in [1.54, 1.807) is 0 Å². The molecule has 0 bridgehead atoms.